The van der Waals surface area contributed by atoms with Crippen LogP contribution in [0.4, 0.5) is 5.82 Å². The zero-order valence-electron chi connectivity index (χ0n) is 16.0. The number of aromatic nitrogens is 3. The van der Waals surface area contributed by atoms with E-state index in [0.717, 1.165) is 41.0 Å². The van der Waals surface area contributed by atoms with Gasteiger partial charge in [0.2, 0.25) is 0 Å². The number of pyridine rings is 1. The Balaban J connectivity index is 2.35. The number of hydrogen-bond donors (Lipinski definition) is 1. The molecule has 6 nitrogen and oxygen atoms in total. The number of hydrogen-bond acceptors (Lipinski definition) is 5. The van der Waals surface area contributed by atoms with E-state index in [2.05, 4.69) is 23.4 Å². The fourth-order valence-electron chi connectivity index (χ4n) is 3.09. The van der Waals surface area contributed by atoms with Gasteiger partial charge in [0, 0.05) is 18.2 Å². The third-order valence-corrected chi connectivity index (χ3v) is 6.41. The summed E-state index contributed by atoms with van der Waals surface area (Å²) in [5.41, 5.74) is 9.73. The maximum absolute atomic E-state index is 12.1. The first-order chi connectivity index (χ1) is 11.7. The topological polar surface area (TPSA) is 90.9 Å². The third kappa shape index (κ3) is 4.32. The summed E-state index contributed by atoms with van der Waals surface area (Å²) in [5.74, 6) is 2.09. The first-order valence-corrected chi connectivity index (χ1v) is 10.8. The number of sulfone groups is 1. The van der Waals surface area contributed by atoms with E-state index in [-0.39, 0.29) is 17.4 Å². The maximum Gasteiger partial charge on any atom is 0.151 e. The standard InChI is InChI=1S/C18H30N4O2S/c1-6-7-10-25(23,24)11-8-9-22-16-13(4)14(5)20-17(19)15(16)21-18(22)12(2)3/h12H,6-11H2,1-5H3,(H2,19,20). The van der Waals surface area contributed by atoms with Crippen LogP contribution in [0.3, 0.4) is 0 Å². The monoisotopic (exact) mass is 366 g/mol. The molecule has 0 unspecified atom stereocenters. The molecule has 2 heterocycles. The van der Waals surface area contributed by atoms with Crippen molar-refractivity contribution in [3.8, 4) is 0 Å². The summed E-state index contributed by atoms with van der Waals surface area (Å²) in [5, 5.41) is 0. The molecule has 0 spiro atoms. The lowest BCUT2D eigenvalue weighted by molar-refractivity contribution is 0.578. The van der Waals surface area contributed by atoms with Crippen LogP contribution >= 0.6 is 0 Å². The number of anilines is 1. The quantitative estimate of drug-likeness (QED) is 0.773. The molecule has 0 radical (unpaired) electrons. The fourth-order valence-corrected chi connectivity index (χ4v) is 4.60. The number of rotatable bonds is 8. The Bertz CT molecular complexity index is 854. The lowest BCUT2D eigenvalue weighted by Crippen LogP contribution is -2.14. The number of nitrogen functional groups attached to an aromatic ring is 1. The normalized spacial score (nSPS) is 12.4. The van der Waals surface area contributed by atoms with E-state index < -0.39 is 9.84 Å². The first-order valence-electron chi connectivity index (χ1n) is 9.01. The molecule has 0 atom stereocenters. The van der Waals surface area contributed by atoms with Crippen LogP contribution in [-0.2, 0) is 16.4 Å². The van der Waals surface area contributed by atoms with Crippen LogP contribution < -0.4 is 5.73 Å². The van der Waals surface area contributed by atoms with Gasteiger partial charge in [-0.05, 0) is 32.3 Å². The van der Waals surface area contributed by atoms with Gasteiger partial charge in [0.05, 0.1) is 17.0 Å². The molecule has 2 N–H and O–H groups in total. The largest absolute Gasteiger partial charge is 0.382 e. The molecule has 2 aromatic rings. The van der Waals surface area contributed by atoms with Crippen LogP contribution in [0.1, 0.15) is 63.0 Å². The van der Waals surface area contributed by atoms with Gasteiger partial charge in [-0.3, -0.25) is 0 Å². The Hall–Kier alpha value is -1.63. The van der Waals surface area contributed by atoms with Gasteiger partial charge >= 0.3 is 0 Å². The van der Waals surface area contributed by atoms with Crippen molar-refractivity contribution in [3.63, 3.8) is 0 Å². The number of unbranched alkanes of at least 4 members (excludes halogenated alkanes) is 1. The highest BCUT2D eigenvalue weighted by atomic mass is 32.2. The summed E-state index contributed by atoms with van der Waals surface area (Å²) >= 11 is 0. The molecule has 0 aliphatic heterocycles. The number of imidazole rings is 1. The molecule has 0 saturated carbocycles. The zero-order chi connectivity index (χ0) is 18.8. The molecule has 0 fully saturated rings. The molecule has 0 bridgehead atoms. The van der Waals surface area contributed by atoms with Crippen LogP contribution in [0, 0.1) is 13.8 Å². The lowest BCUT2D eigenvalue weighted by Gasteiger charge is -2.13. The van der Waals surface area contributed by atoms with Crippen molar-refractivity contribution in [2.75, 3.05) is 17.2 Å². The Kier molecular flexibility index (Phi) is 6.08. The average Bonchev–Trinajstić information content (AvgIpc) is 2.91. The summed E-state index contributed by atoms with van der Waals surface area (Å²) in [6, 6.07) is 0. The molecule has 0 saturated heterocycles. The predicted molar refractivity (Wildman–Crippen MR) is 104 cm³/mol. The van der Waals surface area contributed by atoms with Crippen molar-refractivity contribution in [1.29, 1.82) is 0 Å². The van der Waals surface area contributed by atoms with Crippen LogP contribution in [0.5, 0.6) is 0 Å². The van der Waals surface area contributed by atoms with Crippen LogP contribution in [0.15, 0.2) is 0 Å². The van der Waals surface area contributed by atoms with Gasteiger partial charge in [-0.1, -0.05) is 27.2 Å². The van der Waals surface area contributed by atoms with E-state index in [1.54, 1.807) is 0 Å². The van der Waals surface area contributed by atoms with Crippen molar-refractivity contribution in [2.45, 2.75) is 66.3 Å². The van der Waals surface area contributed by atoms with Gasteiger partial charge in [-0.2, -0.15) is 0 Å². The summed E-state index contributed by atoms with van der Waals surface area (Å²) in [7, 11) is -2.98. The van der Waals surface area contributed by atoms with Gasteiger partial charge in [0.15, 0.2) is 5.82 Å². The van der Waals surface area contributed by atoms with Crippen LogP contribution in [-0.4, -0.2) is 34.5 Å². The minimum absolute atomic E-state index is 0.211. The van der Waals surface area contributed by atoms with Crippen molar-refractivity contribution in [2.24, 2.45) is 0 Å². The molecule has 7 heteroatoms. The van der Waals surface area contributed by atoms with Crippen molar-refractivity contribution in [1.82, 2.24) is 14.5 Å². The third-order valence-electron chi connectivity index (χ3n) is 4.59. The van der Waals surface area contributed by atoms with Gasteiger partial charge in [0.1, 0.15) is 21.2 Å². The zero-order valence-corrected chi connectivity index (χ0v) is 16.8. The fraction of sp³-hybridized carbons (Fsp3) is 0.667. The first kappa shape index (κ1) is 19.7. The van der Waals surface area contributed by atoms with Crippen LogP contribution in [0.2, 0.25) is 0 Å². The molecular formula is C18H30N4O2S. The molecule has 140 valence electrons. The average molecular weight is 367 g/mol. The molecular weight excluding hydrogens is 336 g/mol. The van der Waals surface area contributed by atoms with Crippen molar-refractivity contribution in [3.05, 3.63) is 17.1 Å². The lowest BCUT2D eigenvalue weighted by atomic mass is 10.2. The number of aryl methyl sites for hydroxylation is 3. The molecule has 0 aromatic carbocycles. The highest BCUT2D eigenvalue weighted by molar-refractivity contribution is 7.91. The summed E-state index contributed by atoms with van der Waals surface area (Å²) in [6.45, 7) is 10.8. The second kappa shape index (κ2) is 7.72. The van der Waals surface area contributed by atoms with Gasteiger partial charge in [-0.15, -0.1) is 0 Å². The van der Waals surface area contributed by atoms with E-state index in [1.807, 2.05) is 20.8 Å². The molecule has 25 heavy (non-hydrogen) atoms. The SMILES string of the molecule is CCCCS(=O)(=O)CCCn1c(C(C)C)nc2c(N)nc(C)c(C)c21. The minimum Gasteiger partial charge on any atom is -0.382 e. The minimum atomic E-state index is -2.98. The van der Waals surface area contributed by atoms with E-state index in [9.17, 15) is 8.42 Å². The van der Waals surface area contributed by atoms with Gasteiger partial charge in [0.25, 0.3) is 0 Å². The van der Waals surface area contributed by atoms with Crippen molar-refractivity contribution >= 4 is 26.7 Å². The number of nitrogens with two attached hydrogens (primary N) is 1. The van der Waals surface area contributed by atoms with E-state index in [4.69, 9.17) is 10.7 Å². The van der Waals surface area contributed by atoms with E-state index in [1.165, 1.54) is 0 Å². The van der Waals surface area contributed by atoms with E-state index in [0.29, 0.717) is 18.8 Å². The molecule has 0 aliphatic rings. The molecule has 2 rings (SSSR count). The van der Waals surface area contributed by atoms with E-state index >= 15 is 0 Å². The predicted octanol–water partition coefficient (Wildman–Crippen LogP) is 3.36. The second-order valence-electron chi connectivity index (χ2n) is 7.04. The highest BCUT2D eigenvalue weighted by Gasteiger charge is 2.20. The van der Waals surface area contributed by atoms with Gasteiger partial charge in [-0.25, -0.2) is 18.4 Å². The Morgan fingerprint density at radius 1 is 1.12 bits per heavy atom. The van der Waals surface area contributed by atoms with Gasteiger partial charge < -0.3 is 10.3 Å². The molecule has 0 amide bonds. The highest BCUT2D eigenvalue weighted by Crippen LogP contribution is 2.29. The Morgan fingerprint density at radius 3 is 2.36 bits per heavy atom. The van der Waals surface area contributed by atoms with Crippen molar-refractivity contribution < 1.29 is 8.42 Å². The second-order valence-corrected chi connectivity index (χ2v) is 9.34. The summed E-state index contributed by atoms with van der Waals surface area (Å²) < 4.78 is 26.4. The summed E-state index contributed by atoms with van der Waals surface area (Å²) in [4.78, 5) is 9.08. The molecule has 0 aliphatic carbocycles. The van der Waals surface area contributed by atoms with Crippen LogP contribution in [0.25, 0.3) is 11.0 Å². The summed E-state index contributed by atoms with van der Waals surface area (Å²) in [6.07, 6.45) is 2.21. The smallest absolute Gasteiger partial charge is 0.151 e. The number of nitrogens with zero attached hydrogens (tertiary/aromatic N) is 3. The Morgan fingerprint density at radius 2 is 1.76 bits per heavy atom. The maximum atomic E-state index is 12.1. The molecule has 2 aromatic heterocycles. The number of fused-ring (bicyclic) bond motifs is 1. The Labute approximate surface area is 150 Å².